The molecule has 6 nitrogen and oxygen atoms in total. The van der Waals surface area contributed by atoms with Gasteiger partial charge in [-0.3, -0.25) is 9.30 Å². The number of benzene rings is 1. The highest BCUT2D eigenvalue weighted by Crippen LogP contribution is 2.28. The van der Waals surface area contributed by atoms with Crippen molar-refractivity contribution in [1.29, 1.82) is 0 Å². The molecule has 0 spiro atoms. The number of hydrogen-bond donors (Lipinski definition) is 0. The zero-order chi connectivity index (χ0) is 20.3. The minimum Gasteiger partial charge on any atom is -0.486 e. The van der Waals surface area contributed by atoms with Crippen LogP contribution in [-0.4, -0.2) is 37.6 Å². The maximum Gasteiger partial charge on any atom is 0.160 e. The number of fused-ring (bicyclic) bond motifs is 1. The molecule has 0 amide bonds. The van der Waals surface area contributed by atoms with Crippen molar-refractivity contribution in [3.05, 3.63) is 76.4 Å². The fourth-order valence-electron chi connectivity index (χ4n) is 3.88. The quantitative estimate of drug-likeness (QED) is 0.463. The number of rotatable bonds is 6. The molecule has 8 heteroatoms. The Morgan fingerprint density at radius 2 is 1.90 bits per heavy atom. The van der Waals surface area contributed by atoms with Crippen LogP contribution in [0.5, 0.6) is 5.75 Å². The fraction of sp³-hybridized carbons (Fsp3) is 0.318. The lowest BCUT2D eigenvalue weighted by atomic mass is 9.96. The largest absolute Gasteiger partial charge is 0.486 e. The van der Waals surface area contributed by atoms with E-state index in [-0.39, 0.29) is 5.82 Å². The van der Waals surface area contributed by atoms with Crippen LogP contribution in [0.2, 0.25) is 0 Å². The number of halogens is 1. The molecule has 1 saturated heterocycles. The first-order valence-corrected chi connectivity index (χ1v) is 11.0. The number of aromatic nitrogens is 4. The van der Waals surface area contributed by atoms with Gasteiger partial charge in [0.25, 0.3) is 0 Å². The summed E-state index contributed by atoms with van der Waals surface area (Å²) in [5.74, 6) is 1.89. The standard InChI is InChI=1S/C22H22FN5OS/c23-17-4-6-19(7-5-17)29-14-21-24-18(15-30-21)13-27-11-8-16(9-12-27)22-26-25-20-3-1-2-10-28(20)22/h1-7,10,15-16H,8-9,11-14H2. The molecule has 1 aromatic carbocycles. The number of ether oxygens (including phenoxy) is 1. The van der Waals surface area contributed by atoms with Gasteiger partial charge in [0, 0.05) is 24.0 Å². The lowest BCUT2D eigenvalue weighted by Gasteiger charge is -2.30. The molecule has 3 aromatic heterocycles. The minimum absolute atomic E-state index is 0.264. The molecule has 0 unspecified atom stereocenters. The normalized spacial score (nSPS) is 15.6. The summed E-state index contributed by atoms with van der Waals surface area (Å²) in [5.41, 5.74) is 1.98. The van der Waals surface area contributed by atoms with Gasteiger partial charge in [0.15, 0.2) is 5.65 Å². The molecular weight excluding hydrogens is 401 g/mol. The van der Waals surface area contributed by atoms with Gasteiger partial charge in [-0.25, -0.2) is 9.37 Å². The van der Waals surface area contributed by atoms with Crippen molar-refractivity contribution < 1.29 is 9.13 Å². The van der Waals surface area contributed by atoms with E-state index in [0.29, 0.717) is 18.3 Å². The molecule has 0 atom stereocenters. The minimum atomic E-state index is -0.264. The van der Waals surface area contributed by atoms with Crippen LogP contribution < -0.4 is 4.74 Å². The number of hydrogen-bond acceptors (Lipinski definition) is 6. The second-order valence-electron chi connectivity index (χ2n) is 7.51. The summed E-state index contributed by atoms with van der Waals surface area (Å²) in [7, 11) is 0. The summed E-state index contributed by atoms with van der Waals surface area (Å²) in [5, 5.41) is 11.7. The van der Waals surface area contributed by atoms with E-state index < -0.39 is 0 Å². The predicted octanol–water partition coefficient (Wildman–Crippen LogP) is 4.28. The molecular formula is C22H22FN5OS. The van der Waals surface area contributed by atoms with Crippen molar-refractivity contribution in [2.24, 2.45) is 0 Å². The maximum atomic E-state index is 13.0. The summed E-state index contributed by atoms with van der Waals surface area (Å²) >= 11 is 1.60. The van der Waals surface area contributed by atoms with E-state index in [4.69, 9.17) is 9.72 Å². The zero-order valence-electron chi connectivity index (χ0n) is 16.4. The topological polar surface area (TPSA) is 55.5 Å². The van der Waals surface area contributed by atoms with Crippen LogP contribution in [-0.2, 0) is 13.2 Å². The molecule has 0 N–H and O–H groups in total. The Morgan fingerprint density at radius 1 is 1.07 bits per heavy atom. The van der Waals surface area contributed by atoms with Crippen LogP contribution in [0.1, 0.15) is 35.3 Å². The van der Waals surface area contributed by atoms with E-state index in [9.17, 15) is 4.39 Å². The van der Waals surface area contributed by atoms with Gasteiger partial charge in [0.05, 0.1) is 5.69 Å². The third kappa shape index (κ3) is 4.20. The smallest absolute Gasteiger partial charge is 0.160 e. The van der Waals surface area contributed by atoms with Crippen LogP contribution in [0.4, 0.5) is 4.39 Å². The molecule has 0 saturated carbocycles. The Balaban J connectivity index is 1.14. The highest BCUT2D eigenvalue weighted by Gasteiger charge is 2.24. The van der Waals surface area contributed by atoms with Crippen LogP contribution in [0.15, 0.2) is 54.0 Å². The Labute approximate surface area is 178 Å². The number of thiazole rings is 1. The van der Waals surface area contributed by atoms with Crippen molar-refractivity contribution in [3.63, 3.8) is 0 Å². The van der Waals surface area contributed by atoms with Crippen LogP contribution in [0, 0.1) is 5.82 Å². The SMILES string of the molecule is Fc1ccc(OCc2nc(CN3CCC(c4nnc5ccccn45)CC3)cs2)cc1. The van der Waals surface area contributed by atoms with Gasteiger partial charge in [-0.1, -0.05) is 6.07 Å². The summed E-state index contributed by atoms with van der Waals surface area (Å²) in [6, 6.07) is 12.1. The first-order chi connectivity index (χ1) is 14.7. The Kier molecular flexibility index (Phi) is 5.42. The predicted molar refractivity (Wildman–Crippen MR) is 113 cm³/mol. The van der Waals surface area contributed by atoms with Crippen LogP contribution in [0.25, 0.3) is 5.65 Å². The summed E-state index contributed by atoms with van der Waals surface area (Å²) in [6.45, 7) is 3.29. The van der Waals surface area contributed by atoms with Gasteiger partial charge >= 0.3 is 0 Å². The first-order valence-electron chi connectivity index (χ1n) is 10.1. The Bertz CT molecular complexity index is 1120. The van der Waals surface area contributed by atoms with Gasteiger partial charge in [0.1, 0.15) is 29.0 Å². The Morgan fingerprint density at radius 3 is 2.73 bits per heavy atom. The molecule has 0 aliphatic carbocycles. The molecule has 4 heterocycles. The molecule has 1 aliphatic rings. The van der Waals surface area contributed by atoms with Crippen molar-refractivity contribution in [2.75, 3.05) is 13.1 Å². The third-order valence-electron chi connectivity index (χ3n) is 5.45. The molecule has 154 valence electrons. The molecule has 30 heavy (non-hydrogen) atoms. The van der Waals surface area contributed by atoms with E-state index in [1.54, 1.807) is 23.5 Å². The van der Waals surface area contributed by atoms with E-state index in [2.05, 4.69) is 24.9 Å². The van der Waals surface area contributed by atoms with Crippen molar-refractivity contribution in [2.45, 2.75) is 31.9 Å². The van der Waals surface area contributed by atoms with Crippen molar-refractivity contribution in [3.8, 4) is 5.75 Å². The summed E-state index contributed by atoms with van der Waals surface area (Å²) < 4.78 is 20.8. The second-order valence-corrected chi connectivity index (χ2v) is 8.46. The lowest BCUT2D eigenvalue weighted by Crippen LogP contribution is -2.33. The maximum absolute atomic E-state index is 13.0. The van der Waals surface area contributed by atoms with E-state index in [1.165, 1.54) is 12.1 Å². The average molecular weight is 424 g/mol. The number of piperidine rings is 1. The molecule has 5 rings (SSSR count). The number of likely N-dealkylation sites (tertiary alicyclic amines) is 1. The number of pyridine rings is 1. The first kappa shape index (κ1) is 19.1. The van der Waals surface area contributed by atoms with Crippen molar-refractivity contribution >= 4 is 17.0 Å². The van der Waals surface area contributed by atoms with Gasteiger partial charge in [0.2, 0.25) is 0 Å². The Hall–Kier alpha value is -2.84. The van der Waals surface area contributed by atoms with Crippen LogP contribution in [0.3, 0.4) is 0 Å². The molecule has 1 aliphatic heterocycles. The molecule has 1 fully saturated rings. The van der Waals surface area contributed by atoms with Crippen LogP contribution >= 0.6 is 11.3 Å². The number of nitrogens with zero attached hydrogens (tertiary/aromatic N) is 5. The van der Waals surface area contributed by atoms with Crippen molar-refractivity contribution in [1.82, 2.24) is 24.5 Å². The molecule has 0 bridgehead atoms. The monoisotopic (exact) mass is 423 g/mol. The van der Waals surface area contributed by atoms with E-state index in [1.807, 2.05) is 24.4 Å². The second kappa shape index (κ2) is 8.49. The lowest BCUT2D eigenvalue weighted by molar-refractivity contribution is 0.199. The average Bonchev–Trinajstić information content (AvgIpc) is 3.41. The molecule has 4 aromatic rings. The fourth-order valence-corrected chi connectivity index (χ4v) is 4.58. The van der Waals surface area contributed by atoms with Gasteiger partial charge in [-0.15, -0.1) is 21.5 Å². The zero-order valence-corrected chi connectivity index (χ0v) is 17.3. The van der Waals surface area contributed by atoms with Gasteiger partial charge in [-0.2, -0.15) is 0 Å². The van der Waals surface area contributed by atoms with E-state index in [0.717, 1.165) is 54.6 Å². The highest BCUT2D eigenvalue weighted by molar-refractivity contribution is 7.09. The summed E-state index contributed by atoms with van der Waals surface area (Å²) in [4.78, 5) is 7.14. The molecule has 0 radical (unpaired) electrons. The van der Waals surface area contributed by atoms with Gasteiger partial charge in [-0.05, 0) is 62.3 Å². The summed E-state index contributed by atoms with van der Waals surface area (Å²) in [6.07, 6.45) is 4.18. The highest BCUT2D eigenvalue weighted by atomic mass is 32.1. The van der Waals surface area contributed by atoms with Gasteiger partial charge < -0.3 is 4.74 Å². The van der Waals surface area contributed by atoms with E-state index >= 15 is 0 Å². The third-order valence-corrected chi connectivity index (χ3v) is 6.32.